The molecule has 14 heteroatoms. The Morgan fingerprint density at radius 1 is 0.898 bits per heavy atom. The van der Waals surface area contributed by atoms with Gasteiger partial charge < -0.3 is 34.9 Å². The minimum absolute atomic E-state index is 0.0255. The predicted molar refractivity (Wildman–Crippen MR) is 189 cm³/mol. The highest BCUT2D eigenvalue weighted by molar-refractivity contribution is 8.00. The number of rotatable bonds is 15. The summed E-state index contributed by atoms with van der Waals surface area (Å²) in [6, 6.07) is 18.7. The molecule has 12 nitrogen and oxygen atoms in total. The first-order chi connectivity index (χ1) is 23.6. The van der Waals surface area contributed by atoms with Gasteiger partial charge in [0.1, 0.15) is 11.4 Å². The van der Waals surface area contributed by atoms with E-state index < -0.39 is 17.1 Å². The number of aromatic nitrogens is 1. The van der Waals surface area contributed by atoms with Crippen molar-refractivity contribution in [2.45, 2.75) is 30.4 Å². The summed E-state index contributed by atoms with van der Waals surface area (Å²) >= 11 is 2.50. The number of methoxy groups -OCH3 is 3. The van der Waals surface area contributed by atoms with E-state index in [0.717, 1.165) is 0 Å². The van der Waals surface area contributed by atoms with Gasteiger partial charge in [-0.1, -0.05) is 24.3 Å². The first kappa shape index (κ1) is 36.5. The van der Waals surface area contributed by atoms with Gasteiger partial charge in [0.05, 0.1) is 45.3 Å². The number of hydrogen-bond donors (Lipinski definition) is 3. The lowest BCUT2D eigenvalue weighted by Gasteiger charge is -2.15. The maximum Gasteiger partial charge on any atom is 0.311 e. The van der Waals surface area contributed by atoms with E-state index in [4.69, 9.17) is 18.9 Å². The highest BCUT2D eigenvalue weighted by atomic mass is 32.2. The van der Waals surface area contributed by atoms with Gasteiger partial charge >= 0.3 is 5.97 Å². The lowest BCUT2D eigenvalue weighted by molar-refractivity contribution is -0.142. The summed E-state index contributed by atoms with van der Waals surface area (Å²) in [6.45, 7) is 3.76. The van der Waals surface area contributed by atoms with Gasteiger partial charge in [0.2, 0.25) is 5.91 Å². The van der Waals surface area contributed by atoms with E-state index in [9.17, 15) is 19.2 Å². The van der Waals surface area contributed by atoms with Gasteiger partial charge in [-0.3, -0.25) is 19.2 Å². The fourth-order valence-electron chi connectivity index (χ4n) is 4.38. The van der Waals surface area contributed by atoms with Gasteiger partial charge in [0, 0.05) is 33.2 Å². The first-order valence-electron chi connectivity index (χ1n) is 15.0. The van der Waals surface area contributed by atoms with Crippen molar-refractivity contribution in [2.24, 2.45) is 0 Å². The molecule has 0 saturated carbocycles. The van der Waals surface area contributed by atoms with Crippen molar-refractivity contribution >= 4 is 63.7 Å². The number of carbonyl (C=O) groups is 4. The average Bonchev–Trinajstić information content (AvgIpc) is 3.54. The molecule has 0 saturated heterocycles. The average molecular weight is 705 g/mol. The van der Waals surface area contributed by atoms with Crippen LogP contribution in [0, 0.1) is 0 Å². The van der Waals surface area contributed by atoms with Crippen LogP contribution in [-0.4, -0.2) is 61.9 Å². The van der Waals surface area contributed by atoms with E-state index >= 15 is 0 Å². The molecule has 0 spiro atoms. The fraction of sp³-hybridized carbons (Fsp3) is 0.229. The zero-order chi connectivity index (χ0) is 35.3. The van der Waals surface area contributed by atoms with Crippen LogP contribution in [0.2, 0.25) is 0 Å². The molecule has 1 atom stereocenters. The van der Waals surface area contributed by atoms with Gasteiger partial charge in [-0.2, -0.15) is 0 Å². The molecular weight excluding hydrogens is 669 g/mol. The molecular formula is C35H36N4O8S2. The molecule has 256 valence electrons. The third-order valence-corrected chi connectivity index (χ3v) is 8.65. The molecule has 1 unspecified atom stereocenters. The summed E-state index contributed by atoms with van der Waals surface area (Å²) < 4.78 is 21.3. The van der Waals surface area contributed by atoms with Gasteiger partial charge in [0.15, 0.2) is 16.6 Å². The molecule has 3 N–H and O–H groups in total. The topological polar surface area (TPSA) is 154 Å². The number of thioether (sulfide) groups is 1. The van der Waals surface area contributed by atoms with Crippen molar-refractivity contribution in [3.63, 3.8) is 0 Å². The summed E-state index contributed by atoms with van der Waals surface area (Å²) in [5, 5.41) is 9.88. The molecule has 0 bridgehead atoms. The van der Waals surface area contributed by atoms with Crippen molar-refractivity contribution in [2.75, 3.05) is 38.6 Å². The molecule has 0 aliphatic heterocycles. The van der Waals surface area contributed by atoms with Gasteiger partial charge in [-0.15, -0.1) is 23.1 Å². The maximum atomic E-state index is 13.7. The van der Waals surface area contributed by atoms with Crippen molar-refractivity contribution in [3.8, 4) is 17.2 Å². The van der Waals surface area contributed by atoms with Crippen LogP contribution in [0.1, 0.15) is 35.5 Å². The largest absolute Gasteiger partial charge is 0.496 e. The second-order valence-electron chi connectivity index (χ2n) is 10.2. The molecule has 0 aliphatic carbocycles. The van der Waals surface area contributed by atoms with Crippen LogP contribution in [0.3, 0.4) is 0 Å². The molecule has 4 aromatic rings. The summed E-state index contributed by atoms with van der Waals surface area (Å²) in [5.74, 6) is -0.541. The number of thiazole rings is 1. The van der Waals surface area contributed by atoms with Crippen LogP contribution in [-0.2, 0) is 25.5 Å². The van der Waals surface area contributed by atoms with Crippen molar-refractivity contribution in [3.05, 3.63) is 94.6 Å². The molecule has 1 heterocycles. The highest BCUT2D eigenvalue weighted by Crippen LogP contribution is 2.36. The van der Waals surface area contributed by atoms with Crippen molar-refractivity contribution in [1.82, 2.24) is 10.3 Å². The number of carbonyl (C=O) groups excluding carboxylic acids is 4. The maximum absolute atomic E-state index is 13.7. The van der Waals surface area contributed by atoms with Crippen LogP contribution < -0.4 is 30.2 Å². The number of esters is 1. The second-order valence-corrected chi connectivity index (χ2v) is 12.5. The molecule has 0 fully saturated rings. The normalized spacial score (nSPS) is 11.6. The fourth-order valence-corrected chi connectivity index (χ4v) is 6.02. The number of hydrogen-bond acceptors (Lipinski definition) is 11. The third-order valence-electron chi connectivity index (χ3n) is 6.75. The van der Waals surface area contributed by atoms with Crippen LogP contribution >= 0.6 is 23.1 Å². The Bertz CT molecular complexity index is 1830. The molecule has 3 aromatic carbocycles. The van der Waals surface area contributed by atoms with E-state index in [1.54, 1.807) is 79.9 Å². The second kappa shape index (κ2) is 17.7. The lowest BCUT2D eigenvalue weighted by Crippen LogP contribution is -2.30. The minimum Gasteiger partial charge on any atom is -0.496 e. The standard InChI is InChI=1S/C35H36N4O8S2/c1-6-47-31(40)18-25-20-48-35(37-25)39-32(41)21(2)49-26-14-10-13-24(17-26)36-34(43)27(38-33(42)22-11-8-7-9-12-22)15-23-16-29(45-4)30(46-5)19-28(23)44-3/h7-17,19-21H,6,18H2,1-5H3,(H,36,43)(H,38,42)(H,37,39,41)/b27-15+. The SMILES string of the molecule is CCOC(=O)Cc1csc(NC(=O)C(C)Sc2cccc(NC(=O)/C(=C\c3cc(OC)c(OC)cc3OC)NC(=O)c3ccccc3)c2)n1. The van der Waals surface area contributed by atoms with Gasteiger partial charge in [-0.25, -0.2) is 4.98 Å². The van der Waals surface area contributed by atoms with Crippen LogP contribution in [0.25, 0.3) is 6.08 Å². The van der Waals surface area contributed by atoms with Gasteiger partial charge in [-0.05, 0) is 56.3 Å². The zero-order valence-electron chi connectivity index (χ0n) is 27.5. The summed E-state index contributed by atoms with van der Waals surface area (Å²) in [5.41, 5.74) is 1.71. The Kier molecular flexibility index (Phi) is 13.2. The molecule has 0 aliphatic rings. The number of benzene rings is 3. The van der Waals surface area contributed by atoms with Crippen molar-refractivity contribution < 1.29 is 38.1 Å². The van der Waals surface area contributed by atoms with Gasteiger partial charge in [0.25, 0.3) is 11.8 Å². The Hall–Kier alpha value is -5.34. The Balaban J connectivity index is 1.51. The quantitative estimate of drug-likeness (QED) is 0.0786. The van der Waals surface area contributed by atoms with Crippen molar-refractivity contribution in [1.29, 1.82) is 0 Å². The smallest absolute Gasteiger partial charge is 0.311 e. The molecule has 3 amide bonds. The van der Waals surface area contributed by atoms with Crippen LogP contribution in [0.4, 0.5) is 10.8 Å². The Morgan fingerprint density at radius 3 is 2.31 bits per heavy atom. The number of ether oxygens (including phenoxy) is 4. The zero-order valence-corrected chi connectivity index (χ0v) is 29.2. The summed E-state index contributed by atoms with van der Waals surface area (Å²) in [4.78, 5) is 56.5. The predicted octanol–water partition coefficient (Wildman–Crippen LogP) is 5.80. The van der Waals surface area contributed by atoms with E-state index in [1.165, 1.54) is 50.5 Å². The van der Waals surface area contributed by atoms with Crippen LogP contribution in [0.5, 0.6) is 17.2 Å². The number of nitrogens with one attached hydrogen (secondary N) is 3. The molecule has 1 aromatic heterocycles. The summed E-state index contributed by atoms with van der Waals surface area (Å²) in [7, 11) is 4.46. The Labute approximate surface area is 292 Å². The van der Waals surface area contributed by atoms with E-state index in [1.807, 2.05) is 6.07 Å². The van der Waals surface area contributed by atoms with Crippen LogP contribution in [0.15, 0.2) is 82.7 Å². The molecule has 49 heavy (non-hydrogen) atoms. The molecule has 0 radical (unpaired) electrons. The lowest BCUT2D eigenvalue weighted by atomic mass is 10.1. The number of amides is 3. The van der Waals surface area contributed by atoms with E-state index in [-0.39, 0.29) is 30.6 Å². The van der Waals surface area contributed by atoms with E-state index in [0.29, 0.717) is 49.8 Å². The van der Waals surface area contributed by atoms with E-state index in [2.05, 4.69) is 20.9 Å². The third kappa shape index (κ3) is 10.3. The first-order valence-corrected chi connectivity index (χ1v) is 16.8. The molecule has 4 rings (SSSR count). The monoisotopic (exact) mass is 704 g/mol. The Morgan fingerprint density at radius 2 is 1.61 bits per heavy atom. The summed E-state index contributed by atoms with van der Waals surface area (Å²) in [6.07, 6.45) is 1.51. The minimum atomic E-state index is -0.601. The number of nitrogens with zero attached hydrogens (tertiary/aromatic N) is 1. The number of anilines is 2. The highest BCUT2D eigenvalue weighted by Gasteiger charge is 2.20.